The van der Waals surface area contributed by atoms with Crippen LogP contribution < -0.4 is 5.32 Å². The maximum absolute atomic E-state index is 13.6. The van der Waals surface area contributed by atoms with E-state index in [0.717, 1.165) is 30.3 Å². The third-order valence-electron chi connectivity index (χ3n) is 4.42. The van der Waals surface area contributed by atoms with Crippen molar-refractivity contribution in [2.75, 3.05) is 6.54 Å². The number of hydrogen-bond acceptors (Lipinski definition) is 2. The molecular weight excluding hydrogens is 535 g/mol. The minimum atomic E-state index is -5.01. The molecule has 2 aromatic rings. The average molecular weight is 549 g/mol. The molecule has 0 aliphatic rings. The quantitative estimate of drug-likeness (QED) is 0.283. The Kier molecular flexibility index (Phi) is 8.90. The van der Waals surface area contributed by atoms with Crippen molar-refractivity contribution < 1.29 is 41.0 Å². The minimum Gasteiger partial charge on any atom is -0.481 e. The molecule has 0 fully saturated rings. The fourth-order valence-electron chi connectivity index (χ4n) is 2.85. The molecule has 0 aromatic heterocycles. The van der Waals surface area contributed by atoms with Gasteiger partial charge in [0.2, 0.25) is 0 Å². The number of halogens is 9. The Bertz CT molecular complexity index is 1090. The molecule has 4 nitrogen and oxygen atoms in total. The van der Waals surface area contributed by atoms with Gasteiger partial charge in [0.15, 0.2) is 0 Å². The van der Waals surface area contributed by atoms with Crippen LogP contribution in [0, 0.1) is 0 Å². The summed E-state index contributed by atoms with van der Waals surface area (Å²) in [5.74, 6) is -4.71. The summed E-state index contributed by atoms with van der Waals surface area (Å²) in [6, 6.07) is 4.22. The molecule has 1 unspecified atom stereocenters. The largest absolute Gasteiger partial charge is 0.481 e. The summed E-state index contributed by atoms with van der Waals surface area (Å²) in [6.45, 7) is -0.410. The van der Waals surface area contributed by atoms with Crippen LogP contribution in [0.1, 0.15) is 39.4 Å². The predicted octanol–water partition coefficient (Wildman–Crippen LogP) is 7.23. The highest BCUT2D eigenvalue weighted by Crippen LogP contribution is 2.41. The first-order valence-electron chi connectivity index (χ1n) is 9.22. The van der Waals surface area contributed by atoms with Crippen molar-refractivity contribution in [2.45, 2.75) is 24.7 Å². The van der Waals surface area contributed by atoms with Gasteiger partial charge in [0, 0.05) is 6.54 Å². The van der Waals surface area contributed by atoms with Gasteiger partial charge in [-0.25, -0.2) is 0 Å². The van der Waals surface area contributed by atoms with Crippen LogP contribution in [-0.2, 0) is 11.0 Å². The molecule has 2 N–H and O–H groups in total. The third kappa shape index (κ3) is 7.28. The number of carboxylic acid groups (broad SMARTS) is 1. The smallest absolute Gasteiger partial charge is 0.417 e. The summed E-state index contributed by atoms with van der Waals surface area (Å²) in [5, 5.41) is 10.00. The second-order valence-electron chi connectivity index (χ2n) is 6.88. The zero-order valence-corrected chi connectivity index (χ0v) is 19.0. The van der Waals surface area contributed by atoms with Crippen molar-refractivity contribution in [3.63, 3.8) is 0 Å². The molecule has 34 heavy (non-hydrogen) atoms. The van der Waals surface area contributed by atoms with Crippen molar-refractivity contribution in [1.82, 2.24) is 5.32 Å². The van der Waals surface area contributed by atoms with E-state index in [1.807, 2.05) is 5.32 Å². The van der Waals surface area contributed by atoms with Gasteiger partial charge >= 0.3 is 18.3 Å². The highest BCUT2D eigenvalue weighted by Gasteiger charge is 2.40. The number of carboxylic acids is 1. The fourth-order valence-corrected chi connectivity index (χ4v) is 3.46. The molecule has 0 spiro atoms. The number of rotatable bonds is 7. The highest BCUT2D eigenvalue weighted by molar-refractivity contribution is 6.48. The van der Waals surface area contributed by atoms with Crippen molar-refractivity contribution in [1.29, 1.82) is 0 Å². The molecule has 2 rings (SSSR count). The van der Waals surface area contributed by atoms with E-state index in [9.17, 15) is 35.9 Å². The molecule has 0 radical (unpaired) electrons. The van der Waals surface area contributed by atoms with Gasteiger partial charge < -0.3 is 10.4 Å². The zero-order valence-electron chi connectivity index (χ0n) is 16.7. The lowest BCUT2D eigenvalue weighted by Crippen LogP contribution is -2.28. The molecule has 0 aliphatic carbocycles. The van der Waals surface area contributed by atoms with Gasteiger partial charge in [-0.15, -0.1) is 0 Å². The molecule has 0 bridgehead atoms. The van der Waals surface area contributed by atoms with Crippen molar-refractivity contribution >= 4 is 52.8 Å². The number of allylic oxidation sites excluding steroid dienone is 1. The minimum absolute atomic E-state index is 0.149. The molecule has 2 aromatic carbocycles. The van der Waals surface area contributed by atoms with Gasteiger partial charge in [-0.2, -0.15) is 26.3 Å². The SMILES string of the molecule is O=C(O)CCNC(=O)c1ccc(C=CC(c2cc(Cl)c(Cl)c(Cl)c2)C(F)(F)F)cc1C(F)(F)F. The lowest BCUT2D eigenvalue weighted by atomic mass is 9.96. The van der Waals surface area contributed by atoms with Gasteiger partial charge in [0.05, 0.1) is 38.5 Å². The van der Waals surface area contributed by atoms with E-state index >= 15 is 0 Å². The number of aliphatic carboxylic acids is 1. The number of hydrogen-bond donors (Lipinski definition) is 2. The first kappa shape index (κ1) is 27.8. The third-order valence-corrected chi connectivity index (χ3v) is 5.61. The Hall–Kier alpha value is -2.43. The fraction of sp³-hybridized carbons (Fsp3) is 0.238. The van der Waals surface area contributed by atoms with Gasteiger partial charge in [-0.05, 0) is 35.4 Å². The van der Waals surface area contributed by atoms with Crippen LogP contribution in [-0.4, -0.2) is 29.7 Å². The normalized spacial score (nSPS) is 13.2. The Morgan fingerprint density at radius 2 is 1.59 bits per heavy atom. The van der Waals surface area contributed by atoms with Gasteiger partial charge in [0.25, 0.3) is 5.91 Å². The molecule has 1 amide bonds. The van der Waals surface area contributed by atoms with Crippen molar-refractivity contribution in [3.05, 3.63) is 73.7 Å². The van der Waals surface area contributed by atoms with Crippen molar-refractivity contribution in [3.8, 4) is 0 Å². The summed E-state index contributed by atoms with van der Waals surface area (Å²) < 4.78 is 81.4. The Labute approximate surface area is 204 Å². The van der Waals surface area contributed by atoms with Gasteiger partial charge in [0.1, 0.15) is 0 Å². The molecule has 0 aliphatic heterocycles. The molecule has 0 saturated carbocycles. The first-order valence-corrected chi connectivity index (χ1v) is 10.3. The lowest BCUT2D eigenvalue weighted by Gasteiger charge is -2.18. The number of amides is 1. The Balaban J connectivity index is 2.43. The predicted molar refractivity (Wildman–Crippen MR) is 115 cm³/mol. The standard InChI is InChI=1S/C21H14Cl3F6NO3/c22-15-8-11(9-16(23)18(15)24)13(20(25,26)27)4-2-10-1-3-12(14(7-10)21(28,29)30)19(34)31-6-5-17(32)33/h1-4,7-9,13H,5-6H2,(H,31,34)(H,32,33). The Morgan fingerprint density at radius 3 is 2.09 bits per heavy atom. The second-order valence-corrected chi connectivity index (χ2v) is 8.07. The van der Waals surface area contributed by atoms with E-state index in [0.29, 0.717) is 12.1 Å². The van der Waals surface area contributed by atoms with Crippen LogP contribution in [0.2, 0.25) is 15.1 Å². The lowest BCUT2D eigenvalue weighted by molar-refractivity contribution is -0.139. The number of benzene rings is 2. The maximum Gasteiger partial charge on any atom is 0.417 e. The first-order chi connectivity index (χ1) is 15.6. The van der Waals surface area contributed by atoms with Crippen LogP contribution in [0.25, 0.3) is 6.08 Å². The van der Waals surface area contributed by atoms with E-state index in [1.165, 1.54) is 0 Å². The molecular formula is C21H14Cl3F6NO3. The van der Waals surface area contributed by atoms with E-state index in [-0.39, 0.29) is 26.2 Å². The monoisotopic (exact) mass is 547 g/mol. The summed E-state index contributed by atoms with van der Waals surface area (Å²) in [4.78, 5) is 22.6. The van der Waals surface area contributed by atoms with Gasteiger partial charge in [-0.1, -0.05) is 53.0 Å². The van der Waals surface area contributed by atoms with Crippen LogP contribution in [0.4, 0.5) is 26.3 Å². The van der Waals surface area contributed by atoms with Crippen LogP contribution >= 0.6 is 34.8 Å². The summed E-state index contributed by atoms with van der Waals surface area (Å²) in [5.41, 5.74) is -2.86. The molecule has 13 heteroatoms. The number of carbonyl (C=O) groups is 2. The molecule has 0 heterocycles. The van der Waals surface area contributed by atoms with E-state index in [4.69, 9.17) is 39.9 Å². The van der Waals surface area contributed by atoms with Crippen LogP contribution in [0.5, 0.6) is 0 Å². The van der Waals surface area contributed by atoms with Crippen LogP contribution in [0.3, 0.4) is 0 Å². The highest BCUT2D eigenvalue weighted by atomic mass is 35.5. The van der Waals surface area contributed by atoms with Crippen molar-refractivity contribution in [2.24, 2.45) is 0 Å². The Morgan fingerprint density at radius 1 is 1.00 bits per heavy atom. The number of nitrogens with one attached hydrogen (secondary N) is 1. The zero-order chi connectivity index (χ0) is 25.8. The molecule has 0 saturated heterocycles. The summed E-state index contributed by atoms with van der Waals surface area (Å²) in [6.07, 6.45) is -8.92. The maximum atomic E-state index is 13.6. The molecule has 184 valence electrons. The van der Waals surface area contributed by atoms with E-state index < -0.39 is 54.2 Å². The number of carbonyl (C=O) groups excluding carboxylic acids is 1. The van der Waals surface area contributed by atoms with E-state index in [2.05, 4.69) is 0 Å². The van der Waals surface area contributed by atoms with Gasteiger partial charge in [-0.3, -0.25) is 9.59 Å². The second kappa shape index (κ2) is 10.9. The summed E-state index contributed by atoms with van der Waals surface area (Å²) in [7, 11) is 0. The van der Waals surface area contributed by atoms with Crippen LogP contribution in [0.15, 0.2) is 36.4 Å². The number of alkyl halides is 6. The van der Waals surface area contributed by atoms with E-state index in [1.54, 1.807) is 0 Å². The average Bonchev–Trinajstić information content (AvgIpc) is 2.70. The molecule has 1 atom stereocenters. The summed E-state index contributed by atoms with van der Waals surface area (Å²) >= 11 is 17.4. The topological polar surface area (TPSA) is 66.4 Å².